The number of rotatable bonds is 4. The molecule has 1 aliphatic rings. The Morgan fingerprint density at radius 2 is 2.10 bits per heavy atom. The third kappa shape index (κ3) is 3.34. The highest BCUT2D eigenvalue weighted by atomic mass is 35.5. The summed E-state index contributed by atoms with van der Waals surface area (Å²) in [6, 6.07) is 3.00. The van der Waals surface area contributed by atoms with Gasteiger partial charge in [0.2, 0.25) is 10.0 Å². The normalized spacial score (nSPS) is 20.3. The summed E-state index contributed by atoms with van der Waals surface area (Å²) in [5, 5.41) is 0.386. The van der Waals surface area contributed by atoms with Gasteiger partial charge in [-0.15, -0.1) is 0 Å². The predicted octanol–water partition coefficient (Wildman–Crippen LogP) is 1.95. The predicted molar refractivity (Wildman–Crippen MR) is 86.1 cm³/mol. The zero-order chi connectivity index (χ0) is 15.8. The van der Waals surface area contributed by atoms with E-state index >= 15 is 0 Å². The SMILES string of the molecule is Cc1c(N)cc(S(=O)(=O)N2CCCC2CN(C)C)cc1Cl. The highest BCUT2D eigenvalue weighted by Gasteiger charge is 2.35. The van der Waals surface area contributed by atoms with Crippen molar-refractivity contribution in [3.63, 3.8) is 0 Å². The Balaban J connectivity index is 2.37. The van der Waals surface area contributed by atoms with Gasteiger partial charge in [0.1, 0.15) is 0 Å². The van der Waals surface area contributed by atoms with Crippen molar-refractivity contribution in [2.75, 3.05) is 32.9 Å². The number of hydrogen-bond donors (Lipinski definition) is 1. The topological polar surface area (TPSA) is 66.6 Å². The lowest BCUT2D eigenvalue weighted by molar-refractivity contribution is 0.291. The Labute approximate surface area is 131 Å². The number of nitrogen functional groups attached to an aromatic ring is 1. The van der Waals surface area contributed by atoms with Crippen LogP contribution in [0.1, 0.15) is 18.4 Å². The van der Waals surface area contributed by atoms with Gasteiger partial charge in [-0.1, -0.05) is 11.6 Å². The lowest BCUT2D eigenvalue weighted by Crippen LogP contribution is -2.41. The Morgan fingerprint density at radius 1 is 1.43 bits per heavy atom. The summed E-state index contributed by atoms with van der Waals surface area (Å²) in [4.78, 5) is 2.19. The largest absolute Gasteiger partial charge is 0.398 e. The molecule has 7 heteroatoms. The molecule has 0 aromatic heterocycles. The van der Waals surface area contributed by atoms with E-state index in [1.807, 2.05) is 19.0 Å². The van der Waals surface area contributed by atoms with Crippen molar-refractivity contribution >= 4 is 27.3 Å². The van der Waals surface area contributed by atoms with Gasteiger partial charge in [0.25, 0.3) is 0 Å². The highest BCUT2D eigenvalue weighted by molar-refractivity contribution is 7.89. The molecule has 0 saturated carbocycles. The van der Waals surface area contributed by atoms with Crippen LogP contribution in [0.4, 0.5) is 5.69 Å². The first-order valence-electron chi connectivity index (χ1n) is 6.95. The third-order valence-corrected chi connectivity index (χ3v) is 6.19. The quantitative estimate of drug-likeness (QED) is 0.856. The first kappa shape index (κ1) is 16.5. The van der Waals surface area contributed by atoms with E-state index in [1.165, 1.54) is 12.1 Å². The van der Waals surface area contributed by atoms with Crippen molar-refractivity contribution in [1.29, 1.82) is 0 Å². The molecule has 5 nitrogen and oxygen atoms in total. The van der Waals surface area contributed by atoms with E-state index < -0.39 is 10.0 Å². The molecule has 0 bridgehead atoms. The minimum atomic E-state index is -3.55. The van der Waals surface area contributed by atoms with Crippen LogP contribution in [0.3, 0.4) is 0 Å². The molecular formula is C14H22ClN3O2S. The van der Waals surface area contributed by atoms with Crippen LogP contribution < -0.4 is 5.73 Å². The molecule has 0 amide bonds. The maximum Gasteiger partial charge on any atom is 0.243 e. The second kappa shape index (κ2) is 6.12. The number of halogens is 1. The molecule has 2 N–H and O–H groups in total. The van der Waals surface area contributed by atoms with Gasteiger partial charge >= 0.3 is 0 Å². The molecular weight excluding hydrogens is 310 g/mol. The average molecular weight is 332 g/mol. The Bertz CT molecular complexity index is 608. The van der Waals surface area contributed by atoms with Gasteiger partial charge in [0.15, 0.2) is 0 Å². The Morgan fingerprint density at radius 3 is 2.67 bits per heavy atom. The van der Waals surface area contributed by atoms with Gasteiger partial charge in [0.05, 0.1) is 4.90 Å². The van der Waals surface area contributed by atoms with Crippen molar-refractivity contribution < 1.29 is 8.42 Å². The lowest BCUT2D eigenvalue weighted by Gasteiger charge is -2.26. The number of nitrogens with two attached hydrogens (primary N) is 1. The highest BCUT2D eigenvalue weighted by Crippen LogP contribution is 2.31. The maximum atomic E-state index is 12.8. The molecule has 1 saturated heterocycles. The number of likely N-dealkylation sites (N-methyl/N-ethyl adjacent to an activating group) is 1. The van der Waals surface area contributed by atoms with E-state index in [1.54, 1.807) is 11.2 Å². The van der Waals surface area contributed by atoms with Gasteiger partial charge < -0.3 is 10.6 Å². The number of benzene rings is 1. The summed E-state index contributed by atoms with van der Waals surface area (Å²) in [5.74, 6) is 0. The van der Waals surface area contributed by atoms with Crippen molar-refractivity contribution in [3.8, 4) is 0 Å². The molecule has 2 rings (SSSR count). The van der Waals surface area contributed by atoms with Crippen molar-refractivity contribution in [2.24, 2.45) is 0 Å². The zero-order valence-electron chi connectivity index (χ0n) is 12.6. The van der Waals surface area contributed by atoms with E-state index in [0.29, 0.717) is 29.4 Å². The number of hydrogen-bond acceptors (Lipinski definition) is 4. The number of anilines is 1. The van der Waals surface area contributed by atoms with E-state index in [4.69, 9.17) is 17.3 Å². The Kier molecular flexibility index (Phi) is 4.82. The average Bonchev–Trinajstić information content (AvgIpc) is 2.83. The van der Waals surface area contributed by atoms with E-state index in [2.05, 4.69) is 0 Å². The minimum Gasteiger partial charge on any atom is -0.398 e. The molecule has 1 heterocycles. The van der Waals surface area contributed by atoms with Gasteiger partial charge in [-0.25, -0.2) is 8.42 Å². The second-order valence-electron chi connectivity index (χ2n) is 5.79. The fourth-order valence-corrected chi connectivity index (χ4v) is 4.73. The molecule has 0 aliphatic carbocycles. The molecule has 1 fully saturated rings. The van der Waals surface area contributed by atoms with Gasteiger partial charge in [-0.2, -0.15) is 4.31 Å². The molecule has 1 atom stereocenters. The fourth-order valence-electron chi connectivity index (χ4n) is 2.69. The number of sulfonamides is 1. The van der Waals surface area contributed by atoms with Gasteiger partial charge in [-0.3, -0.25) is 0 Å². The first-order valence-corrected chi connectivity index (χ1v) is 8.77. The molecule has 0 spiro atoms. The van der Waals surface area contributed by atoms with Crippen molar-refractivity contribution in [3.05, 3.63) is 22.7 Å². The maximum absolute atomic E-state index is 12.8. The lowest BCUT2D eigenvalue weighted by atomic mass is 10.2. The van der Waals surface area contributed by atoms with Crippen LogP contribution in [0.15, 0.2) is 17.0 Å². The zero-order valence-corrected chi connectivity index (χ0v) is 14.2. The standard InChI is InChI=1S/C14H22ClN3O2S/c1-10-13(15)7-12(8-14(10)16)21(19,20)18-6-4-5-11(18)9-17(2)3/h7-8,11H,4-6,9,16H2,1-3H3. The summed E-state index contributed by atoms with van der Waals surface area (Å²) in [7, 11) is 0.344. The summed E-state index contributed by atoms with van der Waals surface area (Å²) in [5.41, 5.74) is 6.97. The van der Waals surface area contributed by atoms with Crippen LogP contribution in [0.2, 0.25) is 5.02 Å². The third-order valence-electron chi connectivity index (χ3n) is 3.86. The molecule has 0 radical (unpaired) electrons. The van der Waals surface area contributed by atoms with Gasteiger partial charge in [-0.05, 0) is 51.6 Å². The summed E-state index contributed by atoms with van der Waals surface area (Å²) in [6.07, 6.45) is 1.76. The van der Waals surface area contributed by atoms with Crippen molar-refractivity contribution in [2.45, 2.75) is 30.7 Å². The van der Waals surface area contributed by atoms with E-state index in [9.17, 15) is 8.42 Å². The van der Waals surface area contributed by atoms with Crippen LogP contribution in [0, 0.1) is 6.92 Å². The summed E-state index contributed by atoms with van der Waals surface area (Å²) < 4.78 is 27.2. The summed E-state index contributed by atoms with van der Waals surface area (Å²) >= 11 is 6.08. The fraction of sp³-hybridized carbons (Fsp3) is 0.571. The van der Waals surface area contributed by atoms with Gasteiger partial charge in [0, 0.05) is 29.8 Å². The summed E-state index contributed by atoms with van der Waals surface area (Å²) in [6.45, 7) is 3.04. The monoisotopic (exact) mass is 331 g/mol. The number of nitrogens with zero attached hydrogens (tertiary/aromatic N) is 2. The molecule has 1 aliphatic heterocycles. The van der Waals surface area contributed by atoms with Crippen LogP contribution in [0.25, 0.3) is 0 Å². The van der Waals surface area contributed by atoms with Crippen LogP contribution >= 0.6 is 11.6 Å². The molecule has 1 aromatic rings. The smallest absolute Gasteiger partial charge is 0.243 e. The molecule has 1 unspecified atom stereocenters. The molecule has 118 valence electrons. The van der Waals surface area contributed by atoms with Crippen LogP contribution in [0.5, 0.6) is 0 Å². The molecule has 21 heavy (non-hydrogen) atoms. The first-order chi connectivity index (χ1) is 9.73. The Hall–Kier alpha value is -0.820. The molecule has 1 aromatic carbocycles. The van der Waals surface area contributed by atoms with Crippen molar-refractivity contribution in [1.82, 2.24) is 9.21 Å². The van der Waals surface area contributed by atoms with E-state index in [0.717, 1.165) is 12.8 Å². The van der Waals surface area contributed by atoms with Crippen LogP contribution in [-0.2, 0) is 10.0 Å². The van der Waals surface area contributed by atoms with E-state index in [-0.39, 0.29) is 10.9 Å². The second-order valence-corrected chi connectivity index (χ2v) is 8.09. The van der Waals surface area contributed by atoms with Crippen LogP contribution in [-0.4, -0.2) is 50.8 Å². The minimum absolute atomic E-state index is 0.00584.